The fourth-order valence-electron chi connectivity index (χ4n) is 3.85. The van der Waals surface area contributed by atoms with E-state index in [4.69, 9.17) is 20.9 Å². The van der Waals surface area contributed by atoms with E-state index in [-0.39, 0.29) is 0 Å². The van der Waals surface area contributed by atoms with Gasteiger partial charge in [-0.2, -0.15) is 0 Å². The summed E-state index contributed by atoms with van der Waals surface area (Å²) >= 11 is 0. The van der Waals surface area contributed by atoms with Crippen molar-refractivity contribution in [2.45, 2.75) is 18.6 Å². The van der Waals surface area contributed by atoms with Crippen LogP contribution < -0.4 is 20.9 Å². The molecule has 0 spiro atoms. The first-order valence-corrected chi connectivity index (χ1v) is 10.3. The maximum atomic E-state index is 6.78. The smallest absolute Gasteiger partial charge is 0.195 e. The molecule has 156 valence electrons. The number of anilines is 2. The van der Waals surface area contributed by atoms with Crippen LogP contribution >= 0.6 is 0 Å². The van der Waals surface area contributed by atoms with E-state index in [0.29, 0.717) is 22.9 Å². The van der Waals surface area contributed by atoms with Crippen molar-refractivity contribution in [3.63, 3.8) is 0 Å². The summed E-state index contributed by atoms with van der Waals surface area (Å²) in [7, 11) is 0. The van der Waals surface area contributed by atoms with Gasteiger partial charge in [0.25, 0.3) is 0 Å². The molecule has 4 N–H and O–H groups in total. The number of hydrogen-bond donors (Lipinski definition) is 2. The molecule has 0 amide bonds. The molecule has 0 aliphatic rings. The van der Waals surface area contributed by atoms with Crippen molar-refractivity contribution in [2.75, 3.05) is 11.5 Å². The molecule has 0 bridgehead atoms. The molecule has 4 aromatic rings. The zero-order valence-corrected chi connectivity index (χ0v) is 17.4. The van der Waals surface area contributed by atoms with Crippen molar-refractivity contribution >= 4 is 11.4 Å². The van der Waals surface area contributed by atoms with Gasteiger partial charge < -0.3 is 20.9 Å². The summed E-state index contributed by atoms with van der Waals surface area (Å²) < 4.78 is 13.2. The molecular weight excluding hydrogens is 384 g/mol. The van der Waals surface area contributed by atoms with Gasteiger partial charge in [-0.3, -0.25) is 0 Å². The standard InChI is InChI=1S/C27H26N2O2/c1-20(30-25-16-8-14-23(28)18-25)27(21-10-4-2-5-11-21,22-12-6-3-7-13-22)31-26-17-9-15-24(29)19-26/h2-20H,28-29H2,1H3. The second-order valence-electron chi connectivity index (χ2n) is 7.47. The Hall–Kier alpha value is -3.92. The largest absolute Gasteiger partial charge is 0.486 e. The Bertz CT molecular complexity index is 1090. The molecule has 31 heavy (non-hydrogen) atoms. The molecule has 0 saturated heterocycles. The fraction of sp³-hybridized carbons (Fsp3) is 0.111. The van der Waals surface area contributed by atoms with Crippen molar-refractivity contribution in [1.82, 2.24) is 0 Å². The molecule has 1 atom stereocenters. The summed E-state index contributed by atoms with van der Waals surface area (Å²) in [4.78, 5) is 0. The minimum Gasteiger partial charge on any atom is -0.486 e. The van der Waals surface area contributed by atoms with Crippen molar-refractivity contribution in [3.05, 3.63) is 120 Å². The normalized spacial score (nSPS) is 12.2. The van der Waals surface area contributed by atoms with Crippen molar-refractivity contribution in [2.24, 2.45) is 0 Å². The van der Waals surface area contributed by atoms with Crippen LogP contribution in [0.2, 0.25) is 0 Å². The quantitative estimate of drug-likeness (QED) is 0.387. The number of ether oxygens (including phenoxy) is 2. The van der Waals surface area contributed by atoms with Crippen LogP contribution in [-0.2, 0) is 5.60 Å². The molecular formula is C27H26N2O2. The van der Waals surface area contributed by atoms with Gasteiger partial charge in [0.2, 0.25) is 0 Å². The Morgan fingerprint density at radius 3 is 1.61 bits per heavy atom. The lowest BCUT2D eigenvalue weighted by Crippen LogP contribution is -2.47. The summed E-state index contributed by atoms with van der Waals surface area (Å²) in [6.07, 6.45) is -0.402. The van der Waals surface area contributed by atoms with Gasteiger partial charge in [-0.05, 0) is 31.2 Å². The molecule has 4 rings (SSSR count). The molecule has 4 nitrogen and oxygen atoms in total. The highest BCUT2D eigenvalue weighted by Crippen LogP contribution is 2.40. The minimum atomic E-state index is -0.930. The Morgan fingerprint density at radius 1 is 0.613 bits per heavy atom. The molecule has 0 aliphatic heterocycles. The summed E-state index contributed by atoms with van der Waals surface area (Å²) in [5.74, 6) is 1.34. The van der Waals surface area contributed by atoms with Gasteiger partial charge in [-0.25, -0.2) is 0 Å². The molecule has 0 fully saturated rings. The zero-order chi connectivity index (χ0) is 21.7. The van der Waals surface area contributed by atoms with Crippen LogP contribution in [0.4, 0.5) is 11.4 Å². The molecule has 0 radical (unpaired) electrons. The average Bonchev–Trinajstić information content (AvgIpc) is 2.79. The summed E-state index contributed by atoms with van der Waals surface area (Å²) in [5.41, 5.74) is 14.3. The number of nitrogen functional groups attached to an aromatic ring is 2. The van der Waals surface area contributed by atoms with Crippen LogP contribution in [-0.4, -0.2) is 6.10 Å². The topological polar surface area (TPSA) is 70.5 Å². The van der Waals surface area contributed by atoms with Gasteiger partial charge in [-0.1, -0.05) is 72.8 Å². The van der Waals surface area contributed by atoms with Crippen LogP contribution in [0.25, 0.3) is 0 Å². The summed E-state index contributed by atoms with van der Waals surface area (Å²) in [6.45, 7) is 2.01. The lowest BCUT2D eigenvalue weighted by molar-refractivity contribution is -0.00443. The lowest BCUT2D eigenvalue weighted by atomic mass is 9.81. The predicted octanol–water partition coefficient (Wildman–Crippen LogP) is 5.64. The number of nitrogens with two attached hydrogens (primary N) is 2. The highest BCUT2D eigenvalue weighted by Gasteiger charge is 2.44. The molecule has 4 aromatic carbocycles. The van der Waals surface area contributed by atoms with Crippen molar-refractivity contribution in [3.8, 4) is 11.5 Å². The molecule has 1 unspecified atom stereocenters. The molecule has 0 saturated carbocycles. The highest BCUT2D eigenvalue weighted by atomic mass is 16.6. The Labute approximate surface area is 183 Å². The summed E-state index contributed by atoms with van der Waals surface area (Å²) in [5, 5.41) is 0. The average molecular weight is 411 g/mol. The highest BCUT2D eigenvalue weighted by molar-refractivity contribution is 5.47. The molecule has 0 heterocycles. The first kappa shape index (κ1) is 20.4. The van der Waals surface area contributed by atoms with Gasteiger partial charge >= 0.3 is 0 Å². The number of hydrogen-bond acceptors (Lipinski definition) is 4. The maximum Gasteiger partial charge on any atom is 0.195 e. The number of rotatable bonds is 7. The van der Waals surface area contributed by atoms with Gasteiger partial charge in [0.1, 0.15) is 17.6 Å². The lowest BCUT2D eigenvalue weighted by Gasteiger charge is -2.40. The predicted molar refractivity (Wildman–Crippen MR) is 126 cm³/mol. The zero-order valence-electron chi connectivity index (χ0n) is 17.4. The second kappa shape index (κ2) is 8.84. The third-order valence-electron chi connectivity index (χ3n) is 5.29. The monoisotopic (exact) mass is 410 g/mol. The molecule has 0 aliphatic carbocycles. The fourth-order valence-corrected chi connectivity index (χ4v) is 3.85. The summed E-state index contributed by atoms with van der Waals surface area (Å²) in [6, 6.07) is 35.1. The van der Waals surface area contributed by atoms with Crippen LogP contribution in [0.5, 0.6) is 11.5 Å². The third kappa shape index (κ3) is 4.33. The van der Waals surface area contributed by atoms with E-state index in [1.165, 1.54) is 0 Å². The first-order chi connectivity index (χ1) is 15.1. The van der Waals surface area contributed by atoms with Crippen LogP contribution in [0.3, 0.4) is 0 Å². The maximum absolute atomic E-state index is 6.78. The second-order valence-corrected chi connectivity index (χ2v) is 7.47. The van der Waals surface area contributed by atoms with Crippen molar-refractivity contribution in [1.29, 1.82) is 0 Å². The minimum absolute atomic E-state index is 0.402. The van der Waals surface area contributed by atoms with E-state index in [9.17, 15) is 0 Å². The first-order valence-electron chi connectivity index (χ1n) is 10.3. The van der Waals surface area contributed by atoms with Gasteiger partial charge in [0.05, 0.1) is 0 Å². The van der Waals surface area contributed by atoms with Crippen LogP contribution in [0, 0.1) is 0 Å². The third-order valence-corrected chi connectivity index (χ3v) is 5.29. The van der Waals surface area contributed by atoms with Crippen LogP contribution in [0.1, 0.15) is 18.1 Å². The van der Waals surface area contributed by atoms with E-state index in [1.807, 2.05) is 91.9 Å². The molecule has 4 heteroatoms. The van der Waals surface area contributed by atoms with E-state index in [2.05, 4.69) is 24.3 Å². The van der Waals surface area contributed by atoms with E-state index < -0.39 is 11.7 Å². The van der Waals surface area contributed by atoms with E-state index in [1.54, 1.807) is 0 Å². The Morgan fingerprint density at radius 2 is 1.10 bits per heavy atom. The Kier molecular flexibility index (Phi) is 5.80. The van der Waals surface area contributed by atoms with Gasteiger partial charge in [0.15, 0.2) is 5.60 Å². The van der Waals surface area contributed by atoms with E-state index >= 15 is 0 Å². The number of benzene rings is 4. The van der Waals surface area contributed by atoms with Gasteiger partial charge in [-0.15, -0.1) is 0 Å². The van der Waals surface area contributed by atoms with Gasteiger partial charge in [0, 0.05) is 34.6 Å². The molecule has 0 aromatic heterocycles. The van der Waals surface area contributed by atoms with Crippen LogP contribution in [0.15, 0.2) is 109 Å². The van der Waals surface area contributed by atoms with Crippen molar-refractivity contribution < 1.29 is 9.47 Å². The van der Waals surface area contributed by atoms with E-state index in [0.717, 1.165) is 11.1 Å². The SMILES string of the molecule is CC(Oc1cccc(N)c1)C(Oc1cccc(N)c1)(c1ccccc1)c1ccccc1. The Balaban J connectivity index is 1.88.